The number of carbonyl (C=O) groups is 2. The number of carbonyl (C=O) groups excluding carboxylic acids is 2. The van der Waals surface area contributed by atoms with E-state index in [2.05, 4.69) is 10.2 Å². The minimum absolute atomic E-state index is 0.227. The molecule has 1 N–H and O–H groups in total. The standard InChI is InChI=1S/C4H6N2O3/c7-3-9-6-2-1-5-4(6)8/h3H,1-2H2,(H,5,8). The Hall–Kier alpha value is -1.26. The van der Waals surface area contributed by atoms with Crippen molar-refractivity contribution in [3.8, 4) is 0 Å². The Balaban J connectivity index is 2.39. The molecule has 0 spiro atoms. The van der Waals surface area contributed by atoms with Crippen molar-refractivity contribution in [1.29, 1.82) is 0 Å². The van der Waals surface area contributed by atoms with Crippen LogP contribution in [0.2, 0.25) is 0 Å². The van der Waals surface area contributed by atoms with Crippen molar-refractivity contribution >= 4 is 12.5 Å². The van der Waals surface area contributed by atoms with Gasteiger partial charge in [-0.25, -0.2) is 4.79 Å². The minimum Gasteiger partial charge on any atom is -0.340 e. The highest BCUT2D eigenvalue weighted by Gasteiger charge is 2.19. The Morgan fingerprint density at radius 3 is 3.00 bits per heavy atom. The average Bonchev–Trinajstić information content (AvgIpc) is 2.18. The fraction of sp³-hybridized carbons (Fsp3) is 0.500. The Morgan fingerprint density at radius 2 is 2.56 bits per heavy atom. The number of amides is 2. The van der Waals surface area contributed by atoms with Gasteiger partial charge in [-0.1, -0.05) is 0 Å². The normalized spacial score (nSPS) is 17.3. The molecular weight excluding hydrogens is 124 g/mol. The zero-order valence-corrected chi connectivity index (χ0v) is 4.66. The summed E-state index contributed by atoms with van der Waals surface area (Å²) in [6.45, 7) is 1.19. The zero-order valence-electron chi connectivity index (χ0n) is 4.66. The van der Waals surface area contributed by atoms with Crippen molar-refractivity contribution in [2.45, 2.75) is 0 Å². The first-order valence-corrected chi connectivity index (χ1v) is 2.50. The molecule has 2 amide bonds. The molecule has 0 aromatic rings. The lowest BCUT2D eigenvalue weighted by Gasteiger charge is -2.07. The van der Waals surface area contributed by atoms with E-state index in [1.54, 1.807) is 0 Å². The van der Waals surface area contributed by atoms with Crippen LogP contribution in [0.3, 0.4) is 0 Å². The van der Waals surface area contributed by atoms with Crippen molar-refractivity contribution in [2.24, 2.45) is 0 Å². The summed E-state index contributed by atoms with van der Waals surface area (Å²) in [5.74, 6) is 0. The number of hydroxylamine groups is 2. The number of hydrogen-bond acceptors (Lipinski definition) is 3. The molecule has 1 rings (SSSR count). The zero-order chi connectivity index (χ0) is 6.69. The first-order valence-electron chi connectivity index (χ1n) is 2.50. The summed E-state index contributed by atoms with van der Waals surface area (Å²) in [5.41, 5.74) is 0. The van der Waals surface area contributed by atoms with Crippen molar-refractivity contribution in [3.63, 3.8) is 0 Å². The molecule has 9 heavy (non-hydrogen) atoms. The molecule has 0 unspecified atom stereocenters. The van der Waals surface area contributed by atoms with Gasteiger partial charge in [0.25, 0.3) is 0 Å². The predicted molar refractivity (Wildman–Crippen MR) is 27.3 cm³/mol. The number of nitrogens with zero attached hydrogens (tertiary/aromatic N) is 1. The van der Waals surface area contributed by atoms with E-state index in [0.29, 0.717) is 13.1 Å². The van der Waals surface area contributed by atoms with Gasteiger partial charge in [-0.15, -0.1) is 0 Å². The smallest absolute Gasteiger partial charge is 0.340 e. The van der Waals surface area contributed by atoms with Crippen LogP contribution in [-0.2, 0) is 9.63 Å². The van der Waals surface area contributed by atoms with E-state index in [1.165, 1.54) is 0 Å². The van der Waals surface area contributed by atoms with E-state index in [0.717, 1.165) is 5.06 Å². The van der Waals surface area contributed by atoms with Gasteiger partial charge in [-0.05, 0) is 0 Å². The van der Waals surface area contributed by atoms with Crippen LogP contribution < -0.4 is 5.32 Å². The van der Waals surface area contributed by atoms with Crippen molar-refractivity contribution in [1.82, 2.24) is 10.4 Å². The van der Waals surface area contributed by atoms with Crippen molar-refractivity contribution in [2.75, 3.05) is 13.1 Å². The second-order valence-corrected chi connectivity index (χ2v) is 1.54. The summed E-state index contributed by atoms with van der Waals surface area (Å²) in [4.78, 5) is 24.4. The lowest BCUT2D eigenvalue weighted by atomic mass is 10.7. The lowest BCUT2D eigenvalue weighted by molar-refractivity contribution is -0.156. The Bertz CT molecular complexity index is 136. The molecule has 1 aliphatic heterocycles. The van der Waals surface area contributed by atoms with E-state index in [-0.39, 0.29) is 12.5 Å². The largest absolute Gasteiger partial charge is 0.350 e. The van der Waals surface area contributed by atoms with E-state index < -0.39 is 0 Å². The number of hydrogen-bond donors (Lipinski definition) is 1. The van der Waals surface area contributed by atoms with Crippen LogP contribution in [0.25, 0.3) is 0 Å². The number of nitrogens with one attached hydrogen (secondary N) is 1. The maximum atomic E-state index is 10.5. The van der Waals surface area contributed by atoms with E-state index in [9.17, 15) is 9.59 Å². The lowest BCUT2D eigenvalue weighted by Crippen LogP contribution is -2.27. The maximum Gasteiger partial charge on any atom is 0.350 e. The van der Waals surface area contributed by atoms with Crippen molar-refractivity contribution < 1.29 is 14.4 Å². The van der Waals surface area contributed by atoms with Gasteiger partial charge in [-0.2, -0.15) is 5.06 Å². The summed E-state index contributed by atoms with van der Waals surface area (Å²) < 4.78 is 0. The molecule has 1 saturated heterocycles. The van der Waals surface area contributed by atoms with Gasteiger partial charge in [0.15, 0.2) is 0 Å². The summed E-state index contributed by atoms with van der Waals surface area (Å²) in [6.07, 6.45) is 0. The van der Waals surface area contributed by atoms with E-state index in [4.69, 9.17) is 0 Å². The summed E-state index contributed by atoms with van der Waals surface area (Å²) >= 11 is 0. The van der Waals surface area contributed by atoms with E-state index in [1.807, 2.05) is 0 Å². The highest BCUT2D eigenvalue weighted by molar-refractivity contribution is 5.75. The van der Waals surface area contributed by atoms with Gasteiger partial charge in [0.05, 0.1) is 6.54 Å². The van der Waals surface area contributed by atoms with Gasteiger partial charge in [0.1, 0.15) is 0 Å². The Labute approximate surface area is 51.5 Å². The highest BCUT2D eigenvalue weighted by Crippen LogP contribution is 1.94. The van der Waals surface area contributed by atoms with E-state index >= 15 is 0 Å². The molecule has 0 saturated carbocycles. The molecule has 0 bridgehead atoms. The van der Waals surface area contributed by atoms with Gasteiger partial charge in [-0.3, -0.25) is 4.79 Å². The third kappa shape index (κ3) is 1.10. The Kier molecular flexibility index (Phi) is 1.53. The minimum atomic E-state index is -0.359. The second-order valence-electron chi connectivity index (χ2n) is 1.54. The molecule has 5 heteroatoms. The fourth-order valence-corrected chi connectivity index (χ4v) is 0.607. The summed E-state index contributed by atoms with van der Waals surface area (Å²) in [7, 11) is 0. The SMILES string of the molecule is O=CON1CCNC1=O. The molecule has 0 radical (unpaired) electrons. The quantitative estimate of drug-likeness (QED) is 0.493. The van der Waals surface area contributed by atoms with Crippen LogP contribution in [0.4, 0.5) is 4.79 Å². The molecule has 0 atom stereocenters. The molecule has 0 aliphatic carbocycles. The first-order chi connectivity index (χ1) is 4.34. The van der Waals surface area contributed by atoms with Crippen LogP contribution in [0.15, 0.2) is 0 Å². The first kappa shape index (κ1) is 5.87. The molecule has 5 nitrogen and oxygen atoms in total. The predicted octanol–water partition coefficient (Wildman–Crippen LogP) is -0.900. The second kappa shape index (κ2) is 2.34. The third-order valence-electron chi connectivity index (χ3n) is 0.988. The van der Waals surface area contributed by atoms with Crippen LogP contribution in [0, 0.1) is 0 Å². The van der Waals surface area contributed by atoms with Gasteiger partial charge in [0.2, 0.25) is 0 Å². The fourth-order valence-electron chi connectivity index (χ4n) is 0.607. The Morgan fingerprint density at radius 1 is 1.78 bits per heavy atom. The van der Waals surface area contributed by atoms with Crippen LogP contribution in [0.1, 0.15) is 0 Å². The monoisotopic (exact) mass is 130 g/mol. The van der Waals surface area contributed by atoms with Crippen molar-refractivity contribution in [3.05, 3.63) is 0 Å². The summed E-state index contributed by atoms with van der Waals surface area (Å²) in [5, 5.41) is 3.42. The van der Waals surface area contributed by atoms with Crippen LogP contribution >= 0.6 is 0 Å². The van der Waals surface area contributed by atoms with Gasteiger partial charge in [0, 0.05) is 6.54 Å². The average molecular weight is 130 g/mol. The molecule has 50 valence electrons. The topological polar surface area (TPSA) is 58.6 Å². The third-order valence-corrected chi connectivity index (χ3v) is 0.988. The van der Waals surface area contributed by atoms with Crippen LogP contribution in [-0.4, -0.2) is 30.7 Å². The molecule has 0 aromatic heterocycles. The molecule has 0 aromatic carbocycles. The molecule has 1 heterocycles. The summed E-state index contributed by atoms with van der Waals surface area (Å²) in [6, 6.07) is -0.359. The van der Waals surface area contributed by atoms with Gasteiger partial charge >= 0.3 is 12.5 Å². The highest BCUT2D eigenvalue weighted by atomic mass is 16.7. The van der Waals surface area contributed by atoms with Gasteiger partial charge < -0.3 is 10.2 Å². The molecular formula is C4H6N2O3. The van der Waals surface area contributed by atoms with Crippen LogP contribution in [0.5, 0.6) is 0 Å². The maximum absolute atomic E-state index is 10.5. The molecule has 1 aliphatic rings. The molecule has 1 fully saturated rings. The number of urea groups is 1. The number of rotatable bonds is 2.